The monoisotopic (exact) mass is 560 g/mol. The Bertz CT molecular complexity index is 1180. The van der Waals surface area contributed by atoms with Gasteiger partial charge >= 0.3 is 6.18 Å². The van der Waals surface area contributed by atoms with Gasteiger partial charge < -0.3 is 10.6 Å². The van der Waals surface area contributed by atoms with Crippen LogP contribution in [0, 0.1) is 17.2 Å². The molecule has 0 fully saturated rings. The predicted octanol–water partition coefficient (Wildman–Crippen LogP) is 4.09. The van der Waals surface area contributed by atoms with Gasteiger partial charge in [0.1, 0.15) is 6.54 Å². The van der Waals surface area contributed by atoms with E-state index < -0.39 is 40.7 Å². The van der Waals surface area contributed by atoms with Crippen LogP contribution in [0.25, 0.3) is 11.1 Å². The first-order valence-corrected chi connectivity index (χ1v) is 12.4. The average molecular weight is 561 g/mol. The summed E-state index contributed by atoms with van der Waals surface area (Å²) in [6.45, 7) is 2.78. The van der Waals surface area contributed by atoms with Gasteiger partial charge in [-0.1, -0.05) is 44.2 Å². The third-order valence-corrected chi connectivity index (χ3v) is 6.89. The van der Waals surface area contributed by atoms with Crippen LogP contribution in [0.3, 0.4) is 0 Å². The second-order valence-electron chi connectivity index (χ2n) is 8.12. The summed E-state index contributed by atoms with van der Waals surface area (Å²) < 4.78 is 66.0. The number of rotatable bonds is 8. The lowest BCUT2D eigenvalue weighted by Crippen LogP contribution is -2.49. The zero-order valence-corrected chi connectivity index (χ0v) is 20.8. The third-order valence-electron chi connectivity index (χ3n) is 4.99. The summed E-state index contributed by atoms with van der Waals surface area (Å²) in [5.74, 6) is -0.994. The molecule has 184 valence electrons. The number of sulfonamides is 1. The maximum absolute atomic E-state index is 14.1. The molecule has 2 rings (SSSR count). The summed E-state index contributed by atoms with van der Waals surface area (Å²) in [6.07, 6.45) is -4.70. The van der Waals surface area contributed by atoms with E-state index in [9.17, 15) is 26.4 Å². The molecule has 0 saturated carbocycles. The molecule has 12 heteroatoms. The fourth-order valence-electron chi connectivity index (χ4n) is 3.50. The Balaban J connectivity index is 2.50. The van der Waals surface area contributed by atoms with Gasteiger partial charge in [-0.15, -0.1) is 0 Å². The molecule has 1 amide bonds. The van der Waals surface area contributed by atoms with Gasteiger partial charge in [-0.3, -0.25) is 4.79 Å². The van der Waals surface area contributed by atoms with Gasteiger partial charge in [0.2, 0.25) is 15.9 Å². The average Bonchev–Trinajstić information content (AvgIpc) is 2.71. The number of halogens is 4. The molecule has 0 heterocycles. The topological polar surface area (TPSA) is 130 Å². The number of carbonyl (C=O) groups excluding carboxylic acids is 1. The van der Waals surface area contributed by atoms with E-state index in [0.29, 0.717) is 16.0 Å². The van der Waals surface area contributed by atoms with Crippen molar-refractivity contribution in [1.82, 2.24) is 4.90 Å². The number of nitrogens with zero attached hydrogens (tertiary/aromatic N) is 2. The summed E-state index contributed by atoms with van der Waals surface area (Å²) in [6, 6.07) is 7.49. The zero-order valence-electron chi connectivity index (χ0n) is 18.4. The molecule has 0 saturated heterocycles. The van der Waals surface area contributed by atoms with E-state index in [1.54, 1.807) is 26.0 Å². The lowest BCUT2D eigenvalue weighted by Gasteiger charge is -2.33. The summed E-state index contributed by atoms with van der Waals surface area (Å²) in [4.78, 5) is 13.0. The molecule has 0 aliphatic heterocycles. The third kappa shape index (κ3) is 6.79. The molecule has 0 aromatic heterocycles. The maximum Gasteiger partial charge on any atom is 0.413 e. The van der Waals surface area contributed by atoms with Crippen LogP contribution in [-0.2, 0) is 14.8 Å². The number of primary sulfonamides is 1. The van der Waals surface area contributed by atoms with E-state index in [0.717, 1.165) is 0 Å². The number of hydrogen-bond acceptors (Lipinski definition) is 5. The van der Waals surface area contributed by atoms with Gasteiger partial charge in [-0.25, -0.2) is 13.6 Å². The quantitative estimate of drug-likeness (QED) is 0.469. The first-order valence-electron chi connectivity index (χ1n) is 10.1. The number of amides is 1. The Hall–Kier alpha value is -2.46. The van der Waals surface area contributed by atoms with Crippen LogP contribution in [-0.4, -0.2) is 38.0 Å². The highest BCUT2D eigenvalue weighted by atomic mass is 79.9. The van der Waals surface area contributed by atoms with Gasteiger partial charge in [-0.2, -0.15) is 18.4 Å². The summed E-state index contributed by atoms with van der Waals surface area (Å²) in [7, 11) is -4.03. The van der Waals surface area contributed by atoms with Crippen molar-refractivity contribution in [2.45, 2.75) is 43.4 Å². The first kappa shape index (κ1) is 27.8. The minimum Gasteiger partial charge on any atom is -0.320 e. The number of benzene rings is 2. The van der Waals surface area contributed by atoms with Crippen molar-refractivity contribution < 1.29 is 26.4 Å². The van der Waals surface area contributed by atoms with Crippen molar-refractivity contribution in [3.63, 3.8) is 0 Å². The van der Waals surface area contributed by atoms with Gasteiger partial charge in [0.05, 0.1) is 17.0 Å². The van der Waals surface area contributed by atoms with E-state index in [2.05, 4.69) is 15.9 Å². The largest absolute Gasteiger partial charge is 0.413 e. The Labute approximate surface area is 204 Å². The van der Waals surface area contributed by atoms with Crippen LogP contribution in [0.5, 0.6) is 0 Å². The van der Waals surface area contributed by atoms with Gasteiger partial charge in [-0.05, 0) is 57.1 Å². The standard InChI is InChI=1S/C22H24BrF3N4O3S/c1-13(2)11-18(28)21(31)30(10-9-27)20(22(24,25)26)15-5-3-14(4-6-15)16-7-8-17(23)19(12-16)34(29,32)33/h3-8,12-13,18,20H,10-11,28H2,1-2H3,(H2,29,32,33)/t18-,20-/m0/s1. The van der Waals surface area contributed by atoms with Crippen molar-refractivity contribution in [3.8, 4) is 17.2 Å². The van der Waals surface area contributed by atoms with Crippen molar-refractivity contribution in [1.29, 1.82) is 5.26 Å². The summed E-state index contributed by atoms with van der Waals surface area (Å²) in [5.41, 5.74) is 6.41. The smallest absolute Gasteiger partial charge is 0.320 e. The molecule has 0 aliphatic carbocycles. The number of hydrogen-bond donors (Lipinski definition) is 2. The van der Waals surface area contributed by atoms with Crippen LogP contribution in [0.1, 0.15) is 31.9 Å². The lowest BCUT2D eigenvalue weighted by atomic mass is 9.98. The van der Waals surface area contributed by atoms with Crippen molar-refractivity contribution in [3.05, 3.63) is 52.5 Å². The minimum atomic E-state index is -4.87. The second-order valence-corrected chi connectivity index (χ2v) is 10.5. The minimum absolute atomic E-state index is 0.0281. The highest BCUT2D eigenvalue weighted by Gasteiger charge is 2.47. The maximum atomic E-state index is 14.1. The molecule has 0 spiro atoms. The Morgan fingerprint density at radius 2 is 1.71 bits per heavy atom. The summed E-state index contributed by atoms with van der Waals surface area (Å²) in [5, 5.41) is 14.3. The van der Waals surface area contributed by atoms with E-state index in [1.807, 2.05) is 0 Å². The Morgan fingerprint density at radius 1 is 1.15 bits per heavy atom. The molecule has 0 unspecified atom stereocenters. The number of nitrogens with two attached hydrogens (primary N) is 2. The van der Waals surface area contributed by atoms with Gasteiger partial charge in [0.25, 0.3) is 0 Å². The number of nitriles is 1. The fraction of sp³-hybridized carbons (Fsp3) is 0.364. The van der Waals surface area contributed by atoms with Crippen LogP contribution in [0.15, 0.2) is 51.8 Å². The second kappa shape index (κ2) is 10.9. The normalized spacial score (nSPS) is 13.9. The van der Waals surface area contributed by atoms with Crippen LogP contribution < -0.4 is 10.9 Å². The lowest BCUT2D eigenvalue weighted by molar-refractivity contribution is -0.191. The molecular weight excluding hydrogens is 537 g/mol. The van der Waals surface area contributed by atoms with E-state index in [4.69, 9.17) is 16.1 Å². The Morgan fingerprint density at radius 3 is 2.18 bits per heavy atom. The molecule has 0 bridgehead atoms. The molecule has 2 aromatic rings. The molecule has 4 N–H and O–H groups in total. The number of alkyl halides is 3. The van der Waals surface area contributed by atoms with E-state index >= 15 is 0 Å². The molecule has 34 heavy (non-hydrogen) atoms. The summed E-state index contributed by atoms with van der Waals surface area (Å²) >= 11 is 3.10. The van der Waals surface area contributed by atoms with Crippen LogP contribution in [0.4, 0.5) is 13.2 Å². The van der Waals surface area contributed by atoms with E-state index in [-0.39, 0.29) is 27.3 Å². The molecule has 0 aliphatic rings. The highest BCUT2D eigenvalue weighted by Crippen LogP contribution is 2.39. The molecule has 2 aromatic carbocycles. The highest BCUT2D eigenvalue weighted by molar-refractivity contribution is 9.10. The Kier molecular flexibility index (Phi) is 8.87. The first-order chi connectivity index (χ1) is 15.7. The van der Waals surface area contributed by atoms with Gasteiger partial charge in [0.15, 0.2) is 6.04 Å². The van der Waals surface area contributed by atoms with Crippen molar-refractivity contribution in [2.24, 2.45) is 16.8 Å². The molecule has 2 atom stereocenters. The van der Waals surface area contributed by atoms with Crippen LogP contribution >= 0.6 is 15.9 Å². The zero-order chi connectivity index (χ0) is 25.8. The molecule has 0 radical (unpaired) electrons. The van der Waals surface area contributed by atoms with Gasteiger partial charge in [0, 0.05) is 4.47 Å². The van der Waals surface area contributed by atoms with Crippen LogP contribution in [0.2, 0.25) is 0 Å². The van der Waals surface area contributed by atoms with Crippen molar-refractivity contribution >= 4 is 31.9 Å². The number of carbonyl (C=O) groups is 1. The SMILES string of the molecule is CC(C)C[C@H](N)C(=O)N(CC#N)[C@@H](c1ccc(-c2ccc(Br)c(S(N)(=O)=O)c2)cc1)C(F)(F)F. The molecule has 7 nitrogen and oxygen atoms in total. The fourth-order valence-corrected chi connectivity index (χ4v) is 5.05. The predicted molar refractivity (Wildman–Crippen MR) is 125 cm³/mol. The molecular formula is C22H24BrF3N4O3S. The van der Waals surface area contributed by atoms with Crippen molar-refractivity contribution in [2.75, 3.05) is 6.54 Å². The van der Waals surface area contributed by atoms with E-state index in [1.165, 1.54) is 36.4 Å².